The minimum Gasteiger partial charge on any atom is -0.328 e. The van der Waals surface area contributed by atoms with E-state index in [1.54, 1.807) is 0 Å². The molecule has 1 aromatic rings. The number of benzene rings is 1. The van der Waals surface area contributed by atoms with Crippen molar-refractivity contribution in [3.05, 3.63) is 35.9 Å². The van der Waals surface area contributed by atoms with Gasteiger partial charge in [-0.15, -0.1) is 24.8 Å². The second kappa shape index (κ2) is 7.49. The van der Waals surface area contributed by atoms with Crippen molar-refractivity contribution in [2.24, 2.45) is 5.73 Å². The van der Waals surface area contributed by atoms with Crippen LogP contribution in [0.15, 0.2) is 30.3 Å². The van der Waals surface area contributed by atoms with Gasteiger partial charge >= 0.3 is 0 Å². The van der Waals surface area contributed by atoms with Gasteiger partial charge in [0.15, 0.2) is 0 Å². The van der Waals surface area contributed by atoms with Crippen molar-refractivity contribution in [1.29, 1.82) is 0 Å². The maximum absolute atomic E-state index is 5.93. The molecule has 0 heterocycles. The van der Waals surface area contributed by atoms with E-state index in [2.05, 4.69) is 35.6 Å². The second-order valence-electron chi connectivity index (χ2n) is 5.64. The first-order valence-electron chi connectivity index (χ1n) is 6.89. The molecule has 3 rings (SSSR count). The van der Waals surface area contributed by atoms with Crippen LogP contribution in [0.5, 0.6) is 0 Å². The second-order valence-corrected chi connectivity index (χ2v) is 5.64. The molecule has 1 aromatic carbocycles. The quantitative estimate of drug-likeness (QED) is 0.899. The zero-order valence-electron chi connectivity index (χ0n) is 11.1. The van der Waals surface area contributed by atoms with Gasteiger partial charge in [-0.25, -0.2) is 0 Å². The van der Waals surface area contributed by atoms with Crippen molar-refractivity contribution < 1.29 is 0 Å². The van der Waals surface area contributed by atoms with Gasteiger partial charge in [-0.2, -0.15) is 0 Å². The Morgan fingerprint density at radius 1 is 0.947 bits per heavy atom. The van der Waals surface area contributed by atoms with E-state index >= 15 is 0 Å². The van der Waals surface area contributed by atoms with E-state index < -0.39 is 0 Å². The summed E-state index contributed by atoms with van der Waals surface area (Å²) < 4.78 is 0. The smallest absolute Gasteiger partial charge is 0.0145 e. The Morgan fingerprint density at radius 3 is 2.21 bits per heavy atom. The van der Waals surface area contributed by atoms with Gasteiger partial charge in [-0.05, 0) is 37.7 Å². The molecule has 2 aliphatic carbocycles. The maximum atomic E-state index is 5.93. The Hall–Kier alpha value is -0.280. The predicted octanol–water partition coefficient (Wildman–Crippen LogP) is 3.25. The van der Waals surface area contributed by atoms with Crippen LogP contribution in [0, 0.1) is 0 Å². The molecule has 3 N–H and O–H groups in total. The molecule has 0 aliphatic heterocycles. The highest BCUT2D eigenvalue weighted by Gasteiger charge is 2.39. The van der Waals surface area contributed by atoms with Crippen molar-refractivity contribution >= 4 is 24.8 Å². The molecule has 2 aliphatic rings. The number of hydrogen-bond acceptors (Lipinski definition) is 2. The van der Waals surface area contributed by atoms with E-state index in [-0.39, 0.29) is 24.8 Å². The maximum Gasteiger partial charge on any atom is 0.0145 e. The van der Waals surface area contributed by atoms with Gasteiger partial charge in [0.25, 0.3) is 0 Å². The van der Waals surface area contributed by atoms with Crippen molar-refractivity contribution in [3.63, 3.8) is 0 Å². The fraction of sp³-hybridized carbons (Fsp3) is 0.600. The third-order valence-corrected chi connectivity index (χ3v) is 4.24. The molecule has 0 radical (unpaired) electrons. The summed E-state index contributed by atoms with van der Waals surface area (Å²) in [6.45, 7) is 0. The van der Waals surface area contributed by atoms with Gasteiger partial charge in [0.05, 0.1) is 0 Å². The van der Waals surface area contributed by atoms with Gasteiger partial charge in [-0.1, -0.05) is 30.3 Å². The average Bonchev–Trinajstić information content (AvgIpc) is 3.13. The molecule has 2 nitrogen and oxygen atoms in total. The van der Waals surface area contributed by atoms with E-state index in [4.69, 9.17) is 5.73 Å². The van der Waals surface area contributed by atoms with Crippen LogP contribution < -0.4 is 11.1 Å². The number of hydrogen-bond donors (Lipinski definition) is 2. The highest BCUT2D eigenvalue weighted by atomic mass is 35.5. The minimum atomic E-state index is 0. The van der Waals surface area contributed by atoms with Crippen molar-refractivity contribution in [3.8, 4) is 0 Å². The first-order chi connectivity index (χ1) is 8.33. The molecule has 0 aromatic heterocycles. The van der Waals surface area contributed by atoms with Gasteiger partial charge < -0.3 is 11.1 Å². The van der Waals surface area contributed by atoms with E-state index in [0.29, 0.717) is 12.1 Å². The Morgan fingerprint density at radius 2 is 1.58 bits per heavy atom. The SMILES string of the molecule is Cl.Cl.NC1CCC(N[C@H]2C[C@@H]2c2ccccc2)CC1. The summed E-state index contributed by atoms with van der Waals surface area (Å²) in [4.78, 5) is 0. The average molecular weight is 303 g/mol. The lowest BCUT2D eigenvalue weighted by atomic mass is 9.92. The van der Waals surface area contributed by atoms with E-state index in [1.165, 1.54) is 37.7 Å². The molecule has 0 bridgehead atoms. The lowest BCUT2D eigenvalue weighted by molar-refractivity contribution is 0.339. The molecule has 19 heavy (non-hydrogen) atoms. The topological polar surface area (TPSA) is 38.0 Å². The zero-order valence-corrected chi connectivity index (χ0v) is 12.8. The third-order valence-electron chi connectivity index (χ3n) is 4.24. The van der Waals surface area contributed by atoms with Crippen LogP contribution in [0.25, 0.3) is 0 Å². The van der Waals surface area contributed by atoms with Gasteiger partial charge in [0.1, 0.15) is 0 Å². The molecular weight excluding hydrogens is 279 g/mol. The highest BCUT2D eigenvalue weighted by molar-refractivity contribution is 5.85. The molecule has 0 amide bonds. The number of nitrogens with two attached hydrogens (primary N) is 1. The summed E-state index contributed by atoms with van der Waals surface area (Å²) in [5.74, 6) is 0.756. The molecule has 2 saturated carbocycles. The molecule has 0 unspecified atom stereocenters. The third kappa shape index (κ3) is 4.35. The highest BCUT2D eigenvalue weighted by Crippen LogP contribution is 2.41. The van der Waals surface area contributed by atoms with Gasteiger partial charge in [0, 0.05) is 24.0 Å². The van der Waals surface area contributed by atoms with Crippen molar-refractivity contribution in [2.75, 3.05) is 0 Å². The van der Waals surface area contributed by atoms with E-state index in [1.807, 2.05) is 0 Å². The van der Waals surface area contributed by atoms with Crippen LogP contribution >= 0.6 is 24.8 Å². The van der Waals surface area contributed by atoms with Crippen LogP contribution in [0.3, 0.4) is 0 Å². The van der Waals surface area contributed by atoms with Crippen LogP contribution in [0.2, 0.25) is 0 Å². The van der Waals surface area contributed by atoms with Crippen LogP contribution in [0.1, 0.15) is 43.6 Å². The molecule has 4 heteroatoms. The Balaban J connectivity index is 0.000000902. The Kier molecular flexibility index (Phi) is 6.61. The number of rotatable bonds is 3. The summed E-state index contributed by atoms with van der Waals surface area (Å²) in [7, 11) is 0. The predicted molar refractivity (Wildman–Crippen MR) is 85.5 cm³/mol. The Labute approximate surface area is 128 Å². The van der Waals surface area contributed by atoms with E-state index in [0.717, 1.165) is 12.0 Å². The fourth-order valence-electron chi connectivity index (χ4n) is 3.04. The summed E-state index contributed by atoms with van der Waals surface area (Å²) in [5, 5.41) is 3.81. The van der Waals surface area contributed by atoms with Gasteiger partial charge in [-0.3, -0.25) is 0 Å². The number of nitrogens with one attached hydrogen (secondary N) is 1. The monoisotopic (exact) mass is 302 g/mol. The summed E-state index contributed by atoms with van der Waals surface area (Å²) in [6.07, 6.45) is 6.23. The van der Waals surface area contributed by atoms with Crippen LogP contribution in [-0.4, -0.2) is 18.1 Å². The molecule has 0 saturated heterocycles. The fourth-order valence-corrected chi connectivity index (χ4v) is 3.04. The zero-order chi connectivity index (χ0) is 11.7. The first kappa shape index (κ1) is 16.8. The lowest BCUT2D eigenvalue weighted by Gasteiger charge is -2.27. The summed E-state index contributed by atoms with van der Waals surface area (Å²) >= 11 is 0. The molecule has 2 fully saturated rings. The Bertz CT molecular complexity index is 364. The van der Waals surface area contributed by atoms with Crippen molar-refractivity contribution in [1.82, 2.24) is 5.32 Å². The first-order valence-corrected chi connectivity index (χ1v) is 6.89. The normalized spacial score (nSPS) is 32.9. The largest absolute Gasteiger partial charge is 0.328 e. The molecule has 2 atom stereocenters. The standard InChI is InChI=1S/C15H22N2.2ClH/c16-12-6-8-13(9-7-12)17-15-10-14(15)11-4-2-1-3-5-11;;/h1-5,12-15,17H,6-10,16H2;2*1H/t12?,13?,14-,15+;;/m1../s1. The van der Waals surface area contributed by atoms with Gasteiger partial charge in [0.2, 0.25) is 0 Å². The van der Waals surface area contributed by atoms with Crippen molar-refractivity contribution in [2.45, 2.75) is 56.1 Å². The summed E-state index contributed by atoms with van der Waals surface area (Å²) in [6, 6.07) is 12.8. The molecular formula is C15H24Cl2N2. The lowest BCUT2D eigenvalue weighted by Crippen LogP contribution is -2.38. The molecule has 0 spiro atoms. The summed E-state index contributed by atoms with van der Waals surface area (Å²) in [5.41, 5.74) is 7.43. The van der Waals surface area contributed by atoms with Crippen LogP contribution in [-0.2, 0) is 0 Å². The number of halogens is 2. The molecule has 108 valence electrons. The van der Waals surface area contributed by atoms with Crippen LogP contribution in [0.4, 0.5) is 0 Å². The van der Waals surface area contributed by atoms with E-state index in [9.17, 15) is 0 Å². The minimum absolute atomic E-state index is 0.